The van der Waals surface area contributed by atoms with E-state index >= 15 is 0 Å². The van der Waals surface area contributed by atoms with E-state index in [2.05, 4.69) is 41.1 Å². The van der Waals surface area contributed by atoms with Gasteiger partial charge in [0.2, 0.25) is 0 Å². The minimum atomic E-state index is 0.107. The number of unbranched alkanes of at least 4 members (excludes halogenated alkanes) is 1. The molecule has 0 aromatic heterocycles. The Bertz CT molecular complexity index is 312. The summed E-state index contributed by atoms with van der Waals surface area (Å²) in [6, 6.07) is 6.50. The van der Waals surface area contributed by atoms with Crippen LogP contribution in [0.4, 0.5) is 0 Å². The first-order chi connectivity index (χ1) is 7.15. The van der Waals surface area contributed by atoms with Crippen LogP contribution in [0, 0.1) is 0 Å². The van der Waals surface area contributed by atoms with Crippen LogP contribution >= 0.6 is 27.7 Å². The normalized spacial score (nSPS) is 12.8. The second kappa shape index (κ2) is 6.56. The van der Waals surface area contributed by atoms with Crippen molar-refractivity contribution in [3.8, 4) is 0 Å². The first kappa shape index (κ1) is 13.1. The Labute approximate surface area is 105 Å². The van der Waals surface area contributed by atoms with E-state index in [-0.39, 0.29) is 6.04 Å². The van der Waals surface area contributed by atoms with Crippen molar-refractivity contribution in [3.05, 3.63) is 28.2 Å². The summed E-state index contributed by atoms with van der Waals surface area (Å²) in [7, 11) is 0. The van der Waals surface area contributed by atoms with Crippen molar-refractivity contribution in [2.45, 2.75) is 37.6 Å². The maximum atomic E-state index is 5.83. The lowest BCUT2D eigenvalue weighted by Gasteiger charge is -2.09. The molecule has 0 radical (unpaired) electrons. The van der Waals surface area contributed by atoms with Gasteiger partial charge in [0, 0.05) is 15.4 Å². The Morgan fingerprint density at radius 3 is 2.73 bits per heavy atom. The predicted molar refractivity (Wildman–Crippen MR) is 72.4 cm³/mol. The smallest absolute Gasteiger partial charge is 0.0314 e. The van der Waals surface area contributed by atoms with Gasteiger partial charge in [-0.2, -0.15) is 0 Å². The van der Waals surface area contributed by atoms with Gasteiger partial charge in [0.25, 0.3) is 0 Å². The van der Waals surface area contributed by atoms with Crippen molar-refractivity contribution in [3.63, 3.8) is 0 Å². The number of halogens is 1. The van der Waals surface area contributed by atoms with Crippen LogP contribution < -0.4 is 5.73 Å². The van der Waals surface area contributed by atoms with Crippen LogP contribution in [0.2, 0.25) is 0 Å². The fraction of sp³-hybridized carbons (Fsp3) is 0.500. The van der Waals surface area contributed by atoms with E-state index in [4.69, 9.17) is 5.73 Å². The summed E-state index contributed by atoms with van der Waals surface area (Å²) in [6.07, 6.45) is 2.52. The van der Waals surface area contributed by atoms with Crippen LogP contribution in [0.15, 0.2) is 27.6 Å². The molecule has 0 bridgehead atoms. The standard InChI is InChI=1S/C12H18BrNS/c1-3-4-7-15-12-6-5-10(9(2)14)8-11(12)13/h5-6,8-9H,3-4,7,14H2,1-2H3/t9-/m1/s1. The molecule has 2 N–H and O–H groups in total. The van der Waals surface area contributed by atoms with Crippen LogP contribution in [0.3, 0.4) is 0 Å². The molecule has 84 valence electrons. The Balaban J connectivity index is 2.66. The zero-order chi connectivity index (χ0) is 11.3. The molecule has 0 saturated heterocycles. The van der Waals surface area contributed by atoms with Gasteiger partial charge in [-0.25, -0.2) is 0 Å². The lowest BCUT2D eigenvalue weighted by Crippen LogP contribution is -2.04. The van der Waals surface area contributed by atoms with E-state index in [0.29, 0.717) is 0 Å². The average Bonchev–Trinajstić information content (AvgIpc) is 2.20. The van der Waals surface area contributed by atoms with Crippen molar-refractivity contribution >= 4 is 27.7 Å². The van der Waals surface area contributed by atoms with Crippen molar-refractivity contribution in [1.82, 2.24) is 0 Å². The van der Waals surface area contributed by atoms with Gasteiger partial charge in [-0.15, -0.1) is 11.8 Å². The quantitative estimate of drug-likeness (QED) is 0.643. The van der Waals surface area contributed by atoms with Gasteiger partial charge in [-0.3, -0.25) is 0 Å². The van der Waals surface area contributed by atoms with Gasteiger partial charge in [0.1, 0.15) is 0 Å². The van der Waals surface area contributed by atoms with Crippen molar-refractivity contribution in [1.29, 1.82) is 0 Å². The van der Waals surface area contributed by atoms with Crippen LogP contribution in [0.25, 0.3) is 0 Å². The number of thioether (sulfide) groups is 1. The van der Waals surface area contributed by atoms with Crippen molar-refractivity contribution in [2.75, 3.05) is 5.75 Å². The maximum absolute atomic E-state index is 5.83. The SMILES string of the molecule is CCCCSc1ccc([C@@H](C)N)cc1Br. The third-order valence-corrected chi connectivity index (χ3v) is 4.32. The van der Waals surface area contributed by atoms with Gasteiger partial charge >= 0.3 is 0 Å². The van der Waals surface area contributed by atoms with Gasteiger partial charge in [0.05, 0.1) is 0 Å². The lowest BCUT2D eigenvalue weighted by molar-refractivity contribution is 0.815. The molecule has 0 aliphatic heterocycles. The molecule has 0 fully saturated rings. The second-order valence-electron chi connectivity index (χ2n) is 3.68. The monoisotopic (exact) mass is 287 g/mol. The summed E-state index contributed by atoms with van der Waals surface area (Å²) < 4.78 is 1.17. The van der Waals surface area contributed by atoms with Gasteiger partial charge < -0.3 is 5.73 Å². The van der Waals surface area contributed by atoms with Crippen molar-refractivity contribution < 1.29 is 0 Å². The van der Waals surface area contributed by atoms with E-state index in [9.17, 15) is 0 Å². The Hall–Kier alpha value is 0.01000. The summed E-state index contributed by atoms with van der Waals surface area (Å²) in [6.45, 7) is 4.22. The number of rotatable bonds is 5. The zero-order valence-corrected chi connectivity index (χ0v) is 11.7. The molecule has 0 spiro atoms. The molecule has 0 aliphatic carbocycles. The molecule has 0 saturated carbocycles. The topological polar surface area (TPSA) is 26.0 Å². The third-order valence-electron chi connectivity index (χ3n) is 2.24. The molecule has 1 aromatic carbocycles. The highest BCUT2D eigenvalue weighted by molar-refractivity contribution is 9.10. The molecule has 1 rings (SSSR count). The fourth-order valence-corrected chi connectivity index (χ4v) is 3.00. The average molecular weight is 288 g/mol. The number of hydrogen-bond donors (Lipinski definition) is 1. The molecule has 15 heavy (non-hydrogen) atoms. The van der Waals surface area contributed by atoms with Crippen LogP contribution in [-0.2, 0) is 0 Å². The molecule has 1 atom stereocenters. The highest BCUT2D eigenvalue weighted by Crippen LogP contribution is 2.30. The largest absolute Gasteiger partial charge is 0.324 e. The van der Waals surface area contributed by atoms with Gasteiger partial charge in [-0.05, 0) is 52.7 Å². The Morgan fingerprint density at radius 1 is 1.47 bits per heavy atom. The summed E-state index contributed by atoms with van der Waals surface area (Å²) in [5.41, 5.74) is 7.01. The molecule has 0 heterocycles. The summed E-state index contributed by atoms with van der Waals surface area (Å²) in [5, 5.41) is 0. The van der Waals surface area contributed by atoms with Gasteiger partial charge in [0.15, 0.2) is 0 Å². The van der Waals surface area contributed by atoms with Crippen LogP contribution in [0.1, 0.15) is 38.3 Å². The minimum absolute atomic E-state index is 0.107. The number of hydrogen-bond acceptors (Lipinski definition) is 2. The molecule has 0 unspecified atom stereocenters. The highest BCUT2D eigenvalue weighted by atomic mass is 79.9. The van der Waals surface area contributed by atoms with E-state index in [1.165, 1.54) is 33.5 Å². The summed E-state index contributed by atoms with van der Waals surface area (Å²) in [5.74, 6) is 1.19. The Morgan fingerprint density at radius 2 is 2.20 bits per heavy atom. The Kier molecular flexibility index (Phi) is 5.72. The first-order valence-electron chi connectivity index (χ1n) is 5.33. The summed E-state index contributed by atoms with van der Waals surface area (Å²) >= 11 is 5.50. The van der Waals surface area contributed by atoms with E-state index in [1.807, 2.05) is 18.7 Å². The molecule has 3 heteroatoms. The molecule has 0 amide bonds. The summed E-state index contributed by atoms with van der Waals surface area (Å²) in [4.78, 5) is 1.31. The van der Waals surface area contributed by atoms with E-state index < -0.39 is 0 Å². The first-order valence-corrected chi connectivity index (χ1v) is 7.10. The zero-order valence-electron chi connectivity index (χ0n) is 9.29. The fourth-order valence-electron chi connectivity index (χ4n) is 1.24. The third kappa shape index (κ3) is 4.17. The van der Waals surface area contributed by atoms with E-state index in [0.717, 1.165) is 0 Å². The molecule has 1 aromatic rings. The van der Waals surface area contributed by atoms with E-state index in [1.54, 1.807) is 0 Å². The molecular formula is C12H18BrNS. The second-order valence-corrected chi connectivity index (χ2v) is 5.67. The maximum Gasteiger partial charge on any atom is 0.0314 e. The molecular weight excluding hydrogens is 270 g/mol. The van der Waals surface area contributed by atoms with Crippen LogP contribution in [-0.4, -0.2) is 5.75 Å². The van der Waals surface area contributed by atoms with Crippen molar-refractivity contribution in [2.24, 2.45) is 5.73 Å². The van der Waals surface area contributed by atoms with Gasteiger partial charge in [-0.1, -0.05) is 19.4 Å². The predicted octanol–water partition coefficient (Wildman–Crippen LogP) is 4.36. The highest BCUT2D eigenvalue weighted by Gasteiger charge is 2.04. The minimum Gasteiger partial charge on any atom is -0.324 e. The molecule has 0 aliphatic rings. The number of benzene rings is 1. The lowest BCUT2D eigenvalue weighted by atomic mass is 10.1. The number of nitrogens with two attached hydrogens (primary N) is 1. The molecule has 1 nitrogen and oxygen atoms in total. The van der Waals surface area contributed by atoms with Crippen LogP contribution in [0.5, 0.6) is 0 Å².